The number of nitrogens with zero attached hydrogens (tertiary/aromatic N) is 2. The van der Waals surface area contributed by atoms with E-state index < -0.39 is 0 Å². The van der Waals surface area contributed by atoms with Gasteiger partial charge >= 0.3 is 0 Å². The molecule has 6 nitrogen and oxygen atoms in total. The van der Waals surface area contributed by atoms with Crippen LogP contribution in [0.3, 0.4) is 0 Å². The van der Waals surface area contributed by atoms with Crippen LogP contribution in [0, 0.1) is 6.92 Å². The number of hydrogen-bond donors (Lipinski definition) is 2. The molecule has 2 N–H and O–H groups in total. The number of nitrogens with one attached hydrogen (secondary N) is 2. The SMILES string of the molecule is Cc1cc(-c2nc3ccccc3c(=O)[nH]2)ccc1Cc1n[nH]c(=O)c2ccccc12. The molecule has 3 aromatic carbocycles. The standard InChI is InChI=1S/C24H18N4O2/c1-14-12-16(22-25-20-9-5-4-8-19(20)23(29)26-22)11-10-15(14)13-21-17-6-2-3-7-18(17)24(30)28-27-21/h2-12H,13H2,1H3,(H,28,30)(H,25,26,29). The zero-order chi connectivity index (χ0) is 20.7. The Morgan fingerprint density at radius 2 is 1.57 bits per heavy atom. The molecule has 6 heteroatoms. The Bertz CT molecular complexity index is 1530. The van der Waals surface area contributed by atoms with E-state index in [-0.39, 0.29) is 11.1 Å². The van der Waals surface area contributed by atoms with Crippen molar-refractivity contribution >= 4 is 21.7 Å². The molecule has 0 aliphatic carbocycles. The minimum absolute atomic E-state index is 0.152. The summed E-state index contributed by atoms with van der Waals surface area (Å²) in [5.74, 6) is 0.543. The average Bonchev–Trinajstić information content (AvgIpc) is 2.77. The maximum atomic E-state index is 12.4. The van der Waals surface area contributed by atoms with Crippen LogP contribution in [0.1, 0.15) is 16.8 Å². The van der Waals surface area contributed by atoms with Gasteiger partial charge in [-0.1, -0.05) is 42.5 Å². The molecule has 0 aliphatic rings. The van der Waals surface area contributed by atoms with Crippen LogP contribution in [0.5, 0.6) is 0 Å². The first kappa shape index (κ1) is 18.0. The van der Waals surface area contributed by atoms with Gasteiger partial charge in [-0.15, -0.1) is 0 Å². The van der Waals surface area contributed by atoms with E-state index in [1.165, 1.54) is 0 Å². The number of rotatable bonds is 3. The van der Waals surface area contributed by atoms with Crippen molar-refractivity contribution in [1.82, 2.24) is 20.2 Å². The summed E-state index contributed by atoms with van der Waals surface area (Å²) >= 11 is 0. The third-order valence-electron chi connectivity index (χ3n) is 5.36. The molecule has 0 atom stereocenters. The van der Waals surface area contributed by atoms with E-state index in [4.69, 9.17) is 0 Å². The van der Waals surface area contributed by atoms with Gasteiger partial charge in [0.25, 0.3) is 11.1 Å². The van der Waals surface area contributed by atoms with Gasteiger partial charge in [0.15, 0.2) is 0 Å². The van der Waals surface area contributed by atoms with E-state index in [1.807, 2.05) is 61.5 Å². The van der Waals surface area contributed by atoms with Crippen LogP contribution in [0.2, 0.25) is 0 Å². The smallest absolute Gasteiger partial charge is 0.272 e. The third kappa shape index (κ3) is 3.08. The summed E-state index contributed by atoms with van der Waals surface area (Å²) in [5, 5.41) is 8.92. The number of H-pyrrole nitrogens is 2. The van der Waals surface area contributed by atoms with Gasteiger partial charge in [-0.05, 0) is 42.3 Å². The lowest BCUT2D eigenvalue weighted by atomic mass is 9.98. The summed E-state index contributed by atoms with van der Waals surface area (Å²) in [6.07, 6.45) is 0.588. The van der Waals surface area contributed by atoms with Crippen molar-refractivity contribution in [3.8, 4) is 11.4 Å². The Morgan fingerprint density at radius 1 is 0.833 bits per heavy atom. The van der Waals surface area contributed by atoms with Crippen LogP contribution in [0.4, 0.5) is 0 Å². The van der Waals surface area contributed by atoms with Crippen LogP contribution in [0.15, 0.2) is 76.3 Å². The van der Waals surface area contributed by atoms with E-state index in [1.54, 1.807) is 12.1 Å². The van der Waals surface area contributed by atoms with Gasteiger partial charge in [0.2, 0.25) is 0 Å². The van der Waals surface area contributed by atoms with E-state index in [2.05, 4.69) is 20.2 Å². The predicted molar refractivity (Wildman–Crippen MR) is 118 cm³/mol. The molecule has 146 valence electrons. The van der Waals surface area contributed by atoms with Crippen LogP contribution < -0.4 is 11.1 Å². The third-order valence-corrected chi connectivity index (χ3v) is 5.36. The minimum Gasteiger partial charge on any atom is -0.306 e. The molecule has 0 bridgehead atoms. The van der Waals surface area contributed by atoms with Crippen molar-refractivity contribution in [1.29, 1.82) is 0 Å². The van der Waals surface area contributed by atoms with Crippen molar-refractivity contribution in [3.63, 3.8) is 0 Å². The predicted octanol–water partition coefficient (Wildman–Crippen LogP) is 3.73. The molecule has 0 saturated carbocycles. The van der Waals surface area contributed by atoms with Gasteiger partial charge in [0.1, 0.15) is 5.82 Å². The van der Waals surface area contributed by atoms with Gasteiger partial charge in [-0.25, -0.2) is 10.1 Å². The van der Waals surface area contributed by atoms with Gasteiger partial charge in [0, 0.05) is 17.4 Å². The Morgan fingerprint density at radius 3 is 2.37 bits per heavy atom. The van der Waals surface area contributed by atoms with Crippen LogP contribution >= 0.6 is 0 Å². The van der Waals surface area contributed by atoms with Gasteiger partial charge in [-0.2, -0.15) is 5.10 Å². The lowest BCUT2D eigenvalue weighted by Gasteiger charge is -2.10. The fraction of sp³-hybridized carbons (Fsp3) is 0.0833. The molecule has 2 aromatic heterocycles. The maximum Gasteiger partial charge on any atom is 0.272 e. The Balaban J connectivity index is 1.54. The first-order valence-corrected chi connectivity index (χ1v) is 9.65. The second kappa shape index (κ2) is 7.08. The van der Waals surface area contributed by atoms with Crippen LogP contribution in [-0.4, -0.2) is 20.2 Å². The second-order valence-corrected chi connectivity index (χ2v) is 7.29. The molecule has 0 unspecified atom stereocenters. The number of benzene rings is 3. The first-order chi connectivity index (χ1) is 14.6. The number of aromatic nitrogens is 4. The molecular weight excluding hydrogens is 376 g/mol. The van der Waals surface area contributed by atoms with E-state index in [9.17, 15) is 9.59 Å². The van der Waals surface area contributed by atoms with Gasteiger partial charge in [-0.3, -0.25) is 9.59 Å². The Labute approximate surface area is 171 Å². The molecular formula is C24H18N4O2. The summed E-state index contributed by atoms with van der Waals surface area (Å²) in [6, 6.07) is 20.7. The fourth-order valence-electron chi connectivity index (χ4n) is 3.75. The molecule has 30 heavy (non-hydrogen) atoms. The maximum absolute atomic E-state index is 12.4. The molecule has 5 aromatic rings. The minimum atomic E-state index is -0.187. The normalized spacial score (nSPS) is 11.2. The number of fused-ring (bicyclic) bond motifs is 2. The summed E-state index contributed by atoms with van der Waals surface area (Å²) < 4.78 is 0. The molecule has 0 spiro atoms. The zero-order valence-electron chi connectivity index (χ0n) is 16.3. The number of aromatic amines is 2. The van der Waals surface area contributed by atoms with Crippen molar-refractivity contribution in [2.24, 2.45) is 0 Å². The summed E-state index contributed by atoms with van der Waals surface area (Å²) in [4.78, 5) is 31.9. The first-order valence-electron chi connectivity index (χ1n) is 9.65. The van der Waals surface area contributed by atoms with Crippen molar-refractivity contribution in [3.05, 3.63) is 104 Å². The molecule has 5 rings (SSSR count). The quantitative estimate of drug-likeness (QED) is 0.488. The van der Waals surface area contributed by atoms with Crippen LogP contribution in [-0.2, 0) is 6.42 Å². The highest BCUT2D eigenvalue weighted by molar-refractivity contribution is 5.83. The van der Waals surface area contributed by atoms with Crippen molar-refractivity contribution < 1.29 is 0 Å². The Kier molecular flexibility index (Phi) is 4.25. The average molecular weight is 394 g/mol. The lowest BCUT2D eigenvalue weighted by molar-refractivity contribution is 0.931. The Hall–Kier alpha value is -4.06. The van der Waals surface area contributed by atoms with Crippen LogP contribution in [0.25, 0.3) is 33.1 Å². The molecule has 0 amide bonds. The van der Waals surface area contributed by atoms with E-state index in [0.717, 1.165) is 27.8 Å². The van der Waals surface area contributed by atoms with Gasteiger partial charge < -0.3 is 4.98 Å². The van der Waals surface area contributed by atoms with E-state index >= 15 is 0 Å². The highest BCUT2D eigenvalue weighted by Crippen LogP contribution is 2.23. The molecule has 0 radical (unpaired) electrons. The monoisotopic (exact) mass is 394 g/mol. The second-order valence-electron chi connectivity index (χ2n) is 7.29. The van der Waals surface area contributed by atoms with Crippen molar-refractivity contribution in [2.75, 3.05) is 0 Å². The highest BCUT2D eigenvalue weighted by atomic mass is 16.1. The number of para-hydroxylation sites is 1. The number of hydrogen-bond acceptors (Lipinski definition) is 4. The highest BCUT2D eigenvalue weighted by Gasteiger charge is 2.11. The zero-order valence-corrected chi connectivity index (χ0v) is 16.3. The molecule has 0 aliphatic heterocycles. The summed E-state index contributed by atoms with van der Waals surface area (Å²) in [5.41, 5.74) is 4.14. The number of aryl methyl sites for hydroxylation is 1. The largest absolute Gasteiger partial charge is 0.306 e. The molecule has 0 saturated heterocycles. The van der Waals surface area contributed by atoms with Gasteiger partial charge in [0.05, 0.1) is 22.0 Å². The summed E-state index contributed by atoms with van der Waals surface area (Å²) in [6.45, 7) is 2.02. The fourth-order valence-corrected chi connectivity index (χ4v) is 3.75. The lowest BCUT2D eigenvalue weighted by Crippen LogP contribution is -2.11. The molecule has 0 fully saturated rings. The van der Waals surface area contributed by atoms with E-state index in [0.29, 0.717) is 28.5 Å². The topological polar surface area (TPSA) is 91.5 Å². The van der Waals surface area contributed by atoms with Crippen molar-refractivity contribution in [2.45, 2.75) is 13.3 Å². The summed E-state index contributed by atoms with van der Waals surface area (Å²) in [7, 11) is 0. The molecule has 2 heterocycles.